The van der Waals surface area contributed by atoms with Crippen LogP contribution in [0.15, 0.2) is 35.7 Å². The third kappa shape index (κ3) is 10.8. The van der Waals surface area contributed by atoms with E-state index < -0.39 is 0 Å². The molecule has 0 aromatic heterocycles. The molecule has 1 aromatic rings. The first-order chi connectivity index (χ1) is 13.2. The minimum atomic E-state index is 0.361. The number of methoxy groups -OCH3 is 1. The van der Waals surface area contributed by atoms with Gasteiger partial charge in [0.1, 0.15) is 0 Å². The predicted molar refractivity (Wildman–Crippen MR) is 116 cm³/mol. The monoisotopic (exact) mass is 396 g/mol. The Labute approximate surface area is 169 Å². The van der Waals surface area contributed by atoms with E-state index in [9.17, 15) is 0 Å². The molecule has 1 aromatic carbocycles. The van der Waals surface area contributed by atoms with Gasteiger partial charge in [0.2, 0.25) is 0 Å². The number of ether oxygens (including phenoxy) is 3. The molecule has 154 valence electrons. The molecule has 0 aliphatic heterocycles. The van der Waals surface area contributed by atoms with Crippen LogP contribution in [0.4, 0.5) is 0 Å². The van der Waals surface area contributed by atoms with E-state index in [1.807, 2.05) is 37.3 Å². The first kappa shape index (κ1) is 24.0. The zero-order valence-electron chi connectivity index (χ0n) is 17.1. The van der Waals surface area contributed by atoms with Gasteiger partial charge in [-0.1, -0.05) is 37.3 Å². The fourth-order valence-corrected chi connectivity index (χ4v) is 3.66. The van der Waals surface area contributed by atoms with Crippen molar-refractivity contribution in [2.75, 3.05) is 53.2 Å². The number of benzene rings is 1. The van der Waals surface area contributed by atoms with Gasteiger partial charge in [-0.05, 0) is 30.7 Å². The Morgan fingerprint density at radius 1 is 1.07 bits per heavy atom. The summed E-state index contributed by atoms with van der Waals surface area (Å²) in [5, 5.41) is 2.43. The lowest BCUT2D eigenvalue weighted by Crippen LogP contribution is -2.36. The van der Waals surface area contributed by atoms with Gasteiger partial charge in [-0.3, -0.25) is 4.90 Å². The SMILES string of the molecule is CCOCCOCCN(CCCOC)C(CC)S/C=C(\N)c1ccccc1. The Hall–Kier alpha value is -1.05. The fourth-order valence-electron chi connectivity index (χ4n) is 2.65. The summed E-state index contributed by atoms with van der Waals surface area (Å²) in [4.78, 5) is 2.46. The molecule has 6 heteroatoms. The maximum Gasteiger partial charge on any atom is 0.0701 e. The zero-order chi connectivity index (χ0) is 19.7. The van der Waals surface area contributed by atoms with Crippen molar-refractivity contribution < 1.29 is 14.2 Å². The molecule has 2 N–H and O–H groups in total. The summed E-state index contributed by atoms with van der Waals surface area (Å²) in [6.07, 6.45) is 2.04. The second-order valence-corrected chi connectivity index (χ2v) is 7.18. The zero-order valence-corrected chi connectivity index (χ0v) is 17.9. The summed E-state index contributed by atoms with van der Waals surface area (Å²) in [7, 11) is 1.75. The maximum absolute atomic E-state index is 6.25. The number of thioether (sulfide) groups is 1. The van der Waals surface area contributed by atoms with Crippen LogP contribution >= 0.6 is 11.8 Å². The Balaban J connectivity index is 2.57. The lowest BCUT2D eigenvalue weighted by Gasteiger charge is -2.30. The van der Waals surface area contributed by atoms with Crippen LogP contribution in [0.3, 0.4) is 0 Å². The van der Waals surface area contributed by atoms with Crippen LogP contribution in [0.5, 0.6) is 0 Å². The van der Waals surface area contributed by atoms with Crippen LogP contribution in [0.2, 0.25) is 0 Å². The molecule has 1 atom stereocenters. The van der Waals surface area contributed by atoms with E-state index >= 15 is 0 Å². The van der Waals surface area contributed by atoms with Crippen molar-refractivity contribution >= 4 is 17.5 Å². The number of hydrogen-bond donors (Lipinski definition) is 1. The molecule has 0 saturated heterocycles. The van der Waals surface area contributed by atoms with E-state index in [2.05, 4.69) is 17.2 Å². The average Bonchev–Trinajstić information content (AvgIpc) is 2.71. The normalized spacial score (nSPS) is 13.3. The van der Waals surface area contributed by atoms with E-state index in [0.717, 1.165) is 50.4 Å². The molecule has 27 heavy (non-hydrogen) atoms. The Kier molecular flexibility index (Phi) is 14.2. The van der Waals surface area contributed by atoms with Crippen molar-refractivity contribution in [2.24, 2.45) is 5.73 Å². The minimum Gasteiger partial charge on any atom is -0.398 e. The van der Waals surface area contributed by atoms with E-state index in [1.54, 1.807) is 18.9 Å². The quantitative estimate of drug-likeness (QED) is 0.339. The molecular weight excluding hydrogens is 360 g/mol. The summed E-state index contributed by atoms with van der Waals surface area (Å²) >= 11 is 1.78. The number of rotatable bonds is 16. The summed E-state index contributed by atoms with van der Waals surface area (Å²) < 4.78 is 16.2. The minimum absolute atomic E-state index is 0.361. The molecule has 0 saturated carbocycles. The highest BCUT2D eigenvalue weighted by atomic mass is 32.2. The second kappa shape index (κ2) is 16.0. The standard InChI is InChI=1S/C21H36N2O3S/c1-4-21(27-18-20(22)19-10-7-6-8-11-19)23(12-9-14-24-3)13-15-26-17-16-25-5-2/h6-8,10-11,18,21H,4-5,9,12-17,22H2,1-3H3/b20-18-. The lowest BCUT2D eigenvalue weighted by molar-refractivity contribution is 0.0403. The first-order valence-corrected chi connectivity index (χ1v) is 10.7. The van der Waals surface area contributed by atoms with Crippen LogP contribution in [-0.4, -0.2) is 63.5 Å². The van der Waals surface area contributed by atoms with Crippen LogP contribution in [0.1, 0.15) is 32.3 Å². The van der Waals surface area contributed by atoms with Crippen molar-refractivity contribution in [3.63, 3.8) is 0 Å². The molecule has 0 bridgehead atoms. The van der Waals surface area contributed by atoms with Gasteiger partial charge in [0.25, 0.3) is 0 Å². The Bertz CT molecular complexity index is 499. The van der Waals surface area contributed by atoms with Gasteiger partial charge in [-0.15, -0.1) is 11.8 Å². The van der Waals surface area contributed by atoms with Gasteiger partial charge in [0.05, 0.1) is 25.2 Å². The average molecular weight is 397 g/mol. The first-order valence-electron chi connectivity index (χ1n) is 9.77. The third-order valence-electron chi connectivity index (χ3n) is 4.11. The van der Waals surface area contributed by atoms with Crippen molar-refractivity contribution in [2.45, 2.75) is 32.1 Å². The molecule has 0 aliphatic rings. The summed E-state index contributed by atoms with van der Waals surface area (Å²) in [5.41, 5.74) is 8.12. The number of nitrogens with zero attached hydrogens (tertiary/aromatic N) is 1. The van der Waals surface area contributed by atoms with E-state index in [0.29, 0.717) is 25.2 Å². The summed E-state index contributed by atoms with van der Waals surface area (Å²) in [6, 6.07) is 10.1. The largest absolute Gasteiger partial charge is 0.398 e. The molecule has 0 spiro atoms. The van der Waals surface area contributed by atoms with Crippen LogP contribution < -0.4 is 5.73 Å². The molecular formula is C21H36N2O3S. The van der Waals surface area contributed by atoms with E-state index in [4.69, 9.17) is 19.9 Å². The van der Waals surface area contributed by atoms with E-state index in [1.165, 1.54) is 0 Å². The van der Waals surface area contributed by atoms with Crippen LogP contribution in [0.25, 0.3) is 5.70 Å². The van der Waals surface area contributed by atoms with Crippen LogP contribution in [0, 0.1) is 0 Å². The summed E-state index contributed by atoms with van der Waals surface area (Å²) in [6.45, 7) is 9.58. The van der Waals surface area contributed by atoms with Crippen molar-refractivity contribution in [1.82, 2.24) is 4.90 Å². The molecule has 0 radical (unpaired) electrons. The van der Waals surface area contributed by atoms with Gasteiger partial charge in [0, 0.05) is 39.1 Å². The van der Waals surface area contributed by atoms with Crippen molar-refractivity contribution in [3.8, 4) is 0 Å². The van der Waals surface area contributed by atoms with Crippen LogP contribution in [-0.2, 0) is 14.2 Å². The maximum atomic E-state index is 6.25. The Morgan fingerprint density at radius 3 is 2.48 bits per heavy atom. The molecule has 0 aliphatic carbocycles. The smallest absolute Gasteiger partial charge is 0.0701 e. The molecule has 1 unspecified atom stereocenters. The van der Waals surface area contributed by atoms with Gasteiger partial charge in [0.15, 0.2) is 0 Å². The highest BCUT2D eigenvalue weighted by Gasteiger charge is 2.16. The third-order valence-corrected chi connectivity index (χ3v) is 5.44. The lowest BCUT2D eigenvalue weighted by atomic mass is 10.2. The second-order valence-electron chi connectivity index (χ2n) is 6.13. The molecule has 1 rings (SSSR count). The fraction of sp³-hybridized carbons (Fsp3) is 0.619. The van der Waals surface area contributed by atoms with Gasteiger partial charge in [-0.2, -0.15) is 0 Å². The van der Waals surface area contributed by atoms with Gasteiger partial charge >= 0.3 is 0 Å². The molecule has 0 fully saturated rings. The van der Waals surface area contributed by atoms with E-state index in [-0.39, 0.29) is 0 Å². The molecule has 0 amide bonds. The van der Waals surface area contributed by atoms with Crippen molar-refractivity contribution in [1.29, 1.82) is 0 Å². The predicted octanol–water partition coefficient (Wildman–Crippen LogP) is 3.80. The Morgan fingerprint density at radius 2 is 1.81 bits per heavy atom. The molecule has 0 heterocycles. The molecule has 5 nitrogen and oxygen atoms in total. The highest BCUT2D eigenvalue weighted by Crippen LogP contribution is 2.23. The summed E-state index contributed by atoms with van der Waals surface area (Å²) in [5.74, 6) is 0. The van der Waals surface area contributed by atoms with Gasteiger partial charge < -0.3 is 19.9 Å². The number of nitrogens with two attached hydrogens (primary N) is 1. The topological polar surface area (TPSA) is 57.0 Å². The number of hydrogen-bond acceptors (Lipinski definition) is 6. The van der Waals surface area contributed by atoms with Gasteiger partial charge in [-0.25, -0.2) is 0 Å². The van der Waals surface area contributed by atoms with Crippen molar-refractivity contribution in [3.05, 3.63) is 41.3 Å². The highest BCUT2D eigenvalue weighted by molar-refractivity contribution is 8.02.